The van der Waals surface area contributed by atoms with Gasteiger partial charge in [-0.15, -0.1) is 0 Å². The maximum absolute atomic E-state index is 6.31. The van der Waals surface area contributed by atoms with Crippen LogP contribution in [0.3, 0.4) is 0 Å². The van der Waals surface area contributed by atoms with Gasteiger partial charge in [0, 0.05) is 22.2 Å². The van der Waals surface area contributed by atoms with Crippen LogP contribution in [0.5, 0.6) is 0 Å². The highest BCUT2D eigenvalue weighted by molar-refractivity contribution is 6.13. The number of furan rings is 1. The van der Waals surface area contributed by atoms with Crippen LogP contribution in [0, 0.1) is 0 Å². The van der Waals surface area contributed by atoms with Crippen molar-refractivity contribution in [2.24, 2.45) is 0 Å². The van der Waals surface area contributed by atoms with E-state index in [-0.39, 0.29) is 5.41 Å². The fourth-order valence-corrected chi connectivity index (χ4v) is 8.37. The highest BCUT2D eigenvalue weighted by atomic mass is 16.3. The Balaban J connectivity index is 1.16. The molecule has 0 aliphatic heterocycles. The van der Waals surface area contributed by atoms with Crippen molar-refractivity contribution in [3.63, 3.8) is 0 Å². The maximum Gasteiger partial charge on any atom is 0.137 e. The number of hydrogen-bond acceptors (Lipinski definition) is 2. The Morgan fingerprint density at radius 2 is 1.20 bits per heavy atom. The van der Waals surface area contributed by atoms with Crippen LogP contribution in [0.1, 0.15) is 25.0 Å². The van der Waals surface area contributed by atoms with Crippen LogP contribution in [-0.4, -0.2) is 0 Å². The first kappa shape index (κ1) is 27.9. The molecule has 2 nitrogen and oxygen atoms in total. The summed E-state index contributed by atoms with van der Waals surface area (Å²) in [6, 6.07) is 59.3. The van der Waals surface area contributed by atoms with Gasteiger partial charge in [0.25, 0.3) is 0 Å². The monoisotopic (exact) mass is 627 g/mol. The average Bonchev–Trinajstić information content (AvgIpc) is 3.65. The van der Waals surface area contributed by atoms with Gasteiger partial charge in [-0.1, -0.05) is 123 Å². The molecule has 1 heterocycles. The lowest BCUT2D eigenvalue weighted by molar-refractivity contribution is 0.666. The lowest BCUT2D eigenvalue weighted by Crippen LogP contribution is -2.15. The van der Waals surface area contributed by atoms with Crippen LogP contribution in [0.2, 0.25) is 0 Å². The van der Waals surface area contributed by atoms with Crippen LogP contribution < -0.4 is 4.90 Å². The second-order valence-corrected chi connectivity index (χ2v) is 13.7. The molecule has 0 saturated heterocycles. The van der Waals surface area contributed by atoms with E-state index in [9.17, 15) is 0 Å². The number of hydrogen-bond donors (Lipinski definition) is 0. The summed E-state index contributed by atoms with van der Waals surface area (Å²) in [6.45, 7) is 4.75. The molecular weight excluding hydrogens is 595 g/mol. The molecule has 0 saturated carbocycles. The number of anilines is 3. The van der Waals surface area contributed by atoms with Crippen molar-refractivity contribution in [3.8, 4) is 22.3 Å². The summed E-state index contributed by atoms with van der Waals surface area (Å²) in [6.07, 6.45) is 0. The van der Waals surface area contributed by atoms with Crippen molar-refractivity contribution in [2.45, 2.75) is 19.3 Å². The molecule has 49 heavy (non-hydrogen) atoms. The number of benzene rings is 8. The summed E-state index contributed by atoms with van der Waals surface area (Å²) >= 11 is 0. The van der Waals surface area contributed by atoms with E-state index in [1.807, 2.05) is 12.1 Å². The quantitative estimate of drug-likeness (QED) is 0.193. The Morgan fingerprint density at radius 1 is 0.490 bits per heavy atom. The van der Waals surface area contributed by atoms with Crippen molar-refractivity contribution in [1.29, 1.82) is 0 Å². The Morgan fingerprint density at radius 3 is 2.10 bits per heavy atom. The molecule has 10 rings (SSSR count). The molecule has 0 spiro atoms. The molecule has 0 unspecified atom stereocenters. The Labute approximate surface area is 285 Å². The van der Waals surface area contributed by atoms with Gasteiger partial charge >= 0.3 is 0 Å². The SMILES string of the molecule is CC1(C)c2ccccc2-c2c(-c3ccc4cc(N(c5ccccc5)c5cccc6oc7ccccc7c56)ccc4c3)cc3ccccc3c21. The number of rotatable bonds is 4. The molecule has 9 aromatic rings. The Bertz CT molecular complexity index is 2750. The minimum absolute atomic E-state index is 0.0860. The van der Waals surface area contributed by atoms with Gasteiger partial charge < -0.3 is 9.32 Å². The predicted octanol–water partition coefficient (Wildman–Crippen LogP) is 13.3. The van der Waals surface area contributed by atoms with Crippen molar-refractivity contribution in [2.75, 3.05) is 4.90 Å². The van der Waals surface area contributed by atoms with Gasteiger partial charge in [-0.25, -0.2) is 0 Å². The minimum atomic E-state index is -0.0860. The standard InChI is InChI=1S/C47H33NO/c1-47(2)40-19-10-8-17-37(40)44-39(29-32-13-6-7-16-36(32)46(44)47)33-24-23-31-28-35(26-25-30(31)27-33)48(34-14-4-3-5-15-34)41-20-12-22-43-45(41)38-18-9-11-21-42(38)49-43/h3-29H,1-2H3. The molecule has 0 fully saturated rings. The van der Waals surface area contributed by atoms with Gasteiger partial charge in [0.05, 0.1) is 11.1 Å². The molecule has 0 bridgehead atoms. The highest BCUT2D eigenvalue weighted by Crippen LogP contribution is 2.55. The van der Waals surface area contributed by atoms with E-state index < -0.39 is 0 Å². The summed E-state index contributed by atoms with van der Waals surface area (Å²) in [5, 5.41) is 7.28. The van der Waals surface area contributed by atoms with Gasteiger partial charge in [-0.2, -0.15) is 0 Å². The van der Waals surface area contributed by atoms with Gasteiger partial charge in [-0.3, -0.25) is 0 Å². The topological polar surface area (TPSA) is 16.4 Å². The van der Waals surface area contributed by atoms with Crippen LogP contribution in [0.15, 0.2) is 168 Å². The Hall–Kier alpha value is -6.12. The fraction of sp³-hybridized carbons (Fsp3) is 0.0638. The Kier molecular flexibility index (Phi) is 5.95. The van der Waals surface area contributed by atoms with E-state index in [2.05, 4.69) is 170 Å². The number of para-hydroxylation sites is 2. The van der Waals surface area contributed by atoms with Crippen LogP contribution >= 0.6 is 0 Å². The lowest BCUT2D eigenvalue weighted by Gasteiger charge is -2.26. The molecule has 232 valence electrons. The van der Waals surface area contributed by atoms with Crippen LogP contribution in [0.4, 0.5) is 17.1 Å². The lowest BCUT2D eigenvalue weighted by atomic mass is 9.79. The second kappa shape index (κ2) is 10.4. The van der Waals surface area contributed by atoms with Crippen molar-refractivity contribution < 1.29 is 4.42 Å². The normalized spacial score (nSPS) is 13.3. The number of fused-ring (bicyclic) bond motifs is 9. The summed E-state index contributed by atoms with van der Waals surface area (Å²) in [7, 11) is 0. The molecule has 1 aliphatic rings. The zero-order valence-corrected chi connectivity index (χ0v) is 27.4. The van der Waals surface area contributed by atoms with E-state index in [1.165, 1.54) is 54.9 Å². The first-order chi connectivity index (χ1) is 24.1. The van der Waals surface area contributed by atoms with E-state index in [0.717, 1.165) is 39.0 Å². The van der Waals surface area contributed by atoms with Gasteiger partial charge in [0.2, 0.25) is 0 Å². The average molecular weight is 628 g/mol. The van der Waals surface area contributed by atoms with E-state index >= 15 is 0 Å². The molecule has 0 N–H and O–H groups in total. The third-order valence-corrected chi connectivity index (χ3v) is 10.6. The molecule has 8 aromatic carbocycles. The molecule has 1 aromatic heterocycles. The molecular formula is C47H33NO. The van der Waals surface area contributed by atoms with Gasteiger partial charge in [-0.05, 0) is 110 Å². The zero-order chi connectivity index (χ0) is 32.7. The van der Waals surface area contributed by atoms with Gasteiger partial charge in [0.1, 0.15) is 11.2 Å². The second-order valence-electron chi connectivity index (χ2n) is 13.7. The van der Waals surface area contributed by atoms with Crippen LogP contribution in [0.25, 0.3) is 65.7 Å². The summed E-state index contributed by atoms with van der Waals surface area (Å²) in [5.41, 5.74) is 13.1. The largest absolute Gasteiger partial charge is 0.456 e. The maximum atomic E-state index is 6.31. The smallest absolute Gasteiger partial charge is 0.137 e. The molecule has 0 radical (unpaired) electrons. The zero-order valence-electron chi connectivity index (χ0n) is 27.4. The first-order valence-electron chi connectivity index (χ1n) is 17.0. The highest BCUT2D eigenvalue weighted by Gasteiger charge is 2.38. The number of nitrogens with zero attached hydrogens (tertiary/aromatic N) is 1. The van der Waals surface area contributed by atoms with Crippen molar-refractivity contribution in [3.05, 3.63) is 175 Å². The molecule has 0 amide bonds. The third kappa shape index (κ3) is 4.14. The third-order valence-electron chi connectivity index (χ3n) is 10.6. The van der Waals surface area contributed by atoms with E-state index in [1.54, 1.807) is 0 Å². The molecule has 2 heteroatoms. The molecule has 1 aliphatic carbocycles. The summed E-state index contributed by atoms with van der Waals surface area (Å²) in [5.74, 6) is 0. The first-order valence-corrected chi connectivity index (χ1v) is 17.0. The summed E-state index contributed by atoms with van der Waals surface area (Å²) in [4.78, 5) is 2.35. The van der Waals surface area contributed by atoms with Crippen molar-refractivity contribution >= 4 is 60.5 Å². The predicted molar refractivity (Wildman–Crippen MR) is 206 cm³/mol. The van der Waals surface area contributed by atoms with Crippen molar-refractivity contribution in [1.82, 2.24) is 0 Å². The van der Waals surface area contributed by atoms with Gasteiger partial charge in [0.15, 0.2) is 0 Å². The molecule has 0 atom stereocenters. The van der Waals surface area contributed by atoms with E-state index in [4.69, 9.17) is 4.42 Å². The summed E-state index contributed by atoms with van der Waals surface area (Å²) < 4.78 is 6.31. The minimum Gasteiger partial charge on any atom is -0.456 e. The van der Waals surface area contributed by atoms with Crippen LogP contribution in [-0.2, 0) is 5.41 Å². The fourth-order valence-electron chi connectivity index (χ4n) is 8.37. The van der Waals surface area contributed by atoms with E-state index in [0.29, 0.717) is 0 Å².